The van der Waals surface area contributed by atoms with E-state index in [1.165, 1.54) is 25.5 Å². The molecule has 0 unspecified atom stereocenters. The van der Waals surface area contributed by atoms with Gasteiger partial charge in [0.15, 0.2) is 6.61 Å². The quantitative estimate of drug-likeness (QED) is 0.167. The molecule has 0 fully saturated rings. The van der Waals surface area contributed by atoms with E-state index in [9.17, 15) is 18.0 Å². The molecule has 0 saturated carbocycles. The van der Waals surface area contributed by atoms with Gasteiger partial charge in [-0.05, 0) is 85.6 Å². The van der Waals surface area contributed by atoms with Gasteiger partial charge in [0, 0.05) is 0 Å². The number of methoxy groups -OCH3 is 1. The molecule has 0 aliphatic carbocycles. The Morgan fingerprint density at radius 2 is 1.50 bits per heavy atom. The number of hydrogen-bond donors (Lipinski definition) is 2. The van der Waals surface area contributed by atoms with Gasteiger partial charge in [0.1, 0.15) is 18.0 Å². The van der Waals surface area contributed by atoms with Gasteiger partial charge in [-0.1, -0.05) is 48.0 Å². The number of rotatable bonds is 13. The first-order chi connectivity index (χ1) is 21.2. The Morgan fingerprint density at radius 3 is 2.14 bits per heavy atom. The molecule has 4 rings (SSSR count). The number of nitrogens with zero attached hydrogens (tertiary/aromatic N) is 2. The smallest absolute Gasteiger partial charge is 0.264 e. The summed E-state index contributed by atoms with van der Waals surface area (Å²) in [4.78, 5) is 25.1. The summed E-state index contributed by atoms with van der Waals surface area (Å²) in [5, 5.41) is 6.87. The minimum atomic E-state index is -4.08. The van der Waals surface area contributed by atoms with Gasteiger partial charge in [0.05, 0.1) is 29.9 Å². The number of anilines is 1. The highest BCUT2D eigenvalue weighted by Gasteiger charge is 2.27. The second kappa shape index (κ2) is 14.8. The van der Waals surface area contributed by atoms with Gasteiger partial charge >= 0.3 is 0 Å². The number of hydrogen-bond acceptors (Lipinski definition) is 7. The molecule has 0 heterocycles. The van der Waals surface area contributed by atoms with Crippen molar-refractivity contribution >= 4 is 33.7 Å². The fourth-order valence-electron chi connectivity index (χ4n) is 4.15. The van der Waals surface area contributed by atoms with Crippen molar-refractivity contribution in [1.82, 2.24) is 10.7 Å². The summed E-state index contributed by atoms with van der Waals surface area (Å²) in [5.41, 5.74) is 5.33. The number of ether oxygens (including phenoxy) is 2. The molecule has 44 heavy (non-hydrogen) atoms. The number of carbonyl (C=O) groups excluding carboxylic acids is 2. The predicted molar refractivity (Wildman–Crippen MR) is 169 cm³/mol. The number of benzene rings is 4. The number of sulfonamides is 1. The van der Waals surface area contributed by atoms with Crippen molar-refractivity contribution in [3.8, 4) is 11.5 Å². The highest BCUT2D eigenvalue weighted by Crippen LogP contribution is 2.25. The summed E-state index contributed by atoms with van der Waals surface area (Å²) in [6, 6.07) is 29.0. The molecule has 0 bridgehead atoms. The van der Waals surface area contributed by atoms with E-state index in [1.807, 2.05) is 44.2 Å². The third kappa shape index (κ3) is 8.68. The van der Waals surface area contributed by atoms with Crippen LogP contribution in [0.3, 0.4) is 0 Å². The van der Waals surface area contributed by atoms with Crippen LogP contribution in [0.1, 0.15) is 29.7 Å². The van der Waals surface area contributed by atoms with Crippen LogP contribution in [0.2, 0.25) is 0 Å². The molecule has 0 radical (unpaired) electrons. The third-order valence-electron chi connectivity index (χ3n) is 6.59. The summed E-state index contributed by atoms with van der Waals surface area (Å²) in [5.74, 6) is 0.126. The standard InChI is InChI=1S/C33H34N4O6S/c1-24-9-13-28(14-10-24)37(44(40,41)31-19-17-29(42-3)18-20-31)22-32(38)36-34-21-26-11-15-30(16-12-26)43-23-33(39)35-25(2)27-7-5-4-6-8-27/h4-21,25H,22-23H2,1-3H3,(H,35,39)(H,36,38)/b34-21-/t25-/m0/s1. The van der Waals surface area contributed by atoms with Crippen molar-refractivity contribution in [3.05, 3.63) is 120 Å². The molecular weight excluding hydrogens is 580 g/mol. The molecule has 0 aliphatic heterocycles. The Labute approximate surface area is 257 Å². The van der Waals surface area contributed by atoms with Crippen LogP contribution < -0.4 is 24.5 Å². The van der Waals surface area contributed by atoms with E-state index in [1.54, 1.807) is 60.7 Å². The number of amides is 2. The molecule has 1 atom stereocenters. The maximum absolute atomic E-state index is 13.5. The third-order valence-corrected chi connectivity index (χ3v) is 8.37. The fourth-order valence-corrected chi connectivity index (χ4v) is 5.57. The summed E-state index contributed by atoms with van der Waals surface area (Å²) in [7, 11) is -2.59. The second-order valence-electron chi connectivity index (χ2n) is 9.87. The summed E-state index contributed by atoms with van der Waals surface area (Å²) in [6.45, 7) is 3.15. The van der Waals surface area contributed by atoms with E-state index in [0.717, 1.165) is 15.4 Å². The van der Waals surface area contributed by atoms with Crippen LogP contribution in [-0.2, 0) is 19.6 Å². The van der Waals surface area contributed by atoms with Gasteiger partial charge in [-0.15, -0.1) is 0 Å². The second-order valence-corrected chi connectivity index (χ2v) is 11.7. The van der Waals surface area contributed by atoms with E-state index < -0.39 is 22.5 Å². The van der Waals surface area contributed by atoms with Crippen molar-refractivity contribution in [1.29, 1.82) is 0 Å². The van der Waals surface area contributed by atoms with E-state index in [-0.39, 0.29) is 23.5 Å². The van der Waals surface area contributed by atoms with Crippen LogP contribution in [0.5, 0.6) is 11.5 Å². The molecule has 0 saturated heterocycles. The molecule has 2 N–H and O–H groups in total. The van der Waals surface area contributed by atoms with Gasteiger partial charge < -0.3 is 14.8 Å². The van der Waals surface area contributed by atoms with Crippen molar-refractivity contribution < 1.29 is 27.5 Å². The van der Waals surface area contributed by atoms with Crippen LogP contribution in [0, 0.1) is 6.92 Å². The minimum absolute atomic E-state index is 0.0145. The zero-order chi connectivity index (χ0) is 31.5. The largest absolute Gasteiger partial charge is 0.497 e. The van der Waals surface area contributed by atoms with E-state index in [2.05, 4.69) is 15.8 Å². The molecule has 228 valence electrons. The number of nitrogens with one attached hydrogen (secondary N) is 2. The highest BCUT2D eigenvalue weighted by molar-refractivity contribution is 7.92. The maximum atomic E-state index is 13.5. The van der Waals surface area contributed by atoms with Crippen LogP contribution in [-0.4, -0.2) is 46.7 Å². The predicted octanol–water partition coefficient (Wildman–Crippen LogP) is 4.61. The van der Waals surface area contributed by atoms with Gasteiger partial charge in [0.2, 0.25) is 0 Å². The van der Waals surface area contributed by atoms with E-state index in [0.29, 0.717) is 22.7 Å². The Morgan fingerprint density at radius 1 is 0.864 bits per heavy atom. The molecule has 10 nitrogen and oxygen atoms in total. The average molecular weight is 615 g/mol. The molecule has 4 aromatic rings. The Kier molecular flexibility index (Phi) is 10.7. The van der Waals surface area contributed by atoms with Crippen molar-refractivity contribution in [2.75, 3.05) is 24.6 Å². The monoisotopic (exact) mass is 614 g/mol. The van der Waals surface area contributed by atoms with Crippen molar-refractivity contribution in [3.63, 3.8) is 0 Å². The van der Waals surface area contributed by atoms with Gasteiger partial charge in [0.25, 0.3) is 21.8 Å². The van der Waals surface area contributed by atoms with Crippen LogP contribution in [0.25, 0.3) is 0 Å². The topological polar surface area (TPSA) is 126 Å². The molecule has 0 aliphatic rings. The molecule has 0 aromatic heterocycles. The first-order valence-electron chi connectivity index (χ1n) is 13.8. The van der Waals surface area contributed by atoms with Crippen molar-refractivity contribution in [2.45, 2.75) is 24.8 Å². The first kappa shape index (κ1) is 31.8. The van der Waals surface area contributed by atoms with Crippen LogP contribution in [0.15, 0.2) is 113 Å². The lowest BCUT2D eigenvalue weighted by Gasteiger charge is -2.24. The van der Waals surface area contributed by atoms with Crippen LogP contribution in [0.4, 0.5) is 5.69 Å². The zero-order valence-corrected chi connectivity index (χ0v) is 25.5. The summed E-state index contributed by atoms with van der Waals surface area (Å²) < 4.78 is 38.8. The lowest BCUT2D eigenvalue weighted by molar-refractivity contribution is -0.123. The fraction of sp³-hybridized carbons (Fsp3) is 0.182. The lowest BCUT2D eigenvalue weighted by Crippen LogP contribution is -2.39. The SMILES string of the molecule is COc1ccc(S(=O)(=O)N(CC(=O)N/N=C\c2ccc(OCC(=O)N[C@@H](C)c3ccccc3)cc2)c2ccc(C)cc2)cc1. The molecule has 11 heteroatoms. The lowest BCUT2D eigenvalue weighted by atomic mass is 10.1. The van der Waals surface area contributed by atoms with E-state index in [4.69, 9.17) is 9.47 Å². The number of hydrazone groups is 1. The van der Waals surface area contributed by atoms with Gasteiger partial charge in [-0.3, -0.25) is 13.9 Å². The zero-order valence-electron chi connectivity index (χ0n) is 24.6. The Hall–Kier alpha value is -5.16. The molecular formula is C33H34N4O6S. The molecule has 4 aromatic carbocycles. The van der Waals surface area contributed by atoms with Gasteiger partial charge in [-0.25, -0.2) is 13.8 Å². The summed E-state index contributed by atoms with van der Waals surface area (Å²) >= 11 is 0. The highest BCUT2D eigenvalue weighted by atomic mass is 32.2. The van der Waals surface area contributed by atoms with Gasteiger partial charge in [-0.2, -0.15) is 5.10 Å². The summed E-state index contributed by atoms with van der Waals surface area (Å²) in [6.07, 6.45) is 1.42. The molecule has 0 spiro atoms. The molecule has 2 amide bonds. The maximum Gasteiger partial charge on any atom is 0.264 e. The number of aryl methyl sites for hydroxylation is 1. The Balaban J connectivity index is 1.33. The Bertz CT molecular complexity index is 1680. The average Bonchev–Trinajstić information content (AvgIpc) is 3.04. The first-order valence-corrected chi connectivity index (χ1v) is 15.2. The van der Waals surface area contributed by atoms with Crippen molar-refractivity contribution in [2.24, 2.45) is 5.10 Å². The number of carbonyl (C=O) groups is 2. The van der Waals surface area contributed by atoms with Crippen LogP contribution >= 0.6 is 0 Å². The van der Waals surface area contributed by atoms with E-state index >= 15 is 0 Å². The normalized spacial score (nSPS) is 11.9. The minimum Gasteiger partial charge on any atom is -0.497 e.